The molecule has 0 aliphatic heterocycles. The Kier molecular flexibility index (Phi) is 4.95. The molecule has 32 heavy (non-hydrogen) atoms. The average molecular weight is 445 g/mol. The Hall–Kier alpha value is -3.46. The summed E-state index contributed by atoms with van der Waals surface area (Å²) in [5, 5.41) is 0. The third-order valence-electron chi connectivity index (χ3n) is 5.72. The molecule has 0 fully saturated rings. The van der Waals surface area contributed by atoms with Gasteiger partial charge in [0.1, 0.15) is 0 Å². The monoisotopic (exact) mass is 444 g/mol. The molecule has 0 bridgehead atoms. The molecule has 2 aromatic heterocycles. The Morgan fingerprint density at radius 1 is 0.312 bits per heavy atom. The van der Waals surface area contributed by atoms with Crippen LogP contribution in [0.25, 0.3) is 52.5 Å². The lowest BCUT2D eigenvalue weighted by atomic mass is 10.00. The summed E-state index contributed by atoms with van der Waals surface area (Å²) in [5.74, 6) is 0. The van der Waals surface area contributed by atoms with Crippen molar-refractivity contribution in [1.82, 2.24) is 0 Å². The molecule has 0 aliphatic rings. The highest BCUT2D eigenvalue weighted by molar-refractivity contribution is 7.33. The smallest absolute Gasteiger partial charge is 0.0548 e. The van der Waals surface area contributed by atoms with E-state index in [2.05, 4.69) is 121 Å². The first-order valence-corrected chi connectivity index (χ1v) is 12.3. The largest absolute Gasteiger partial charge is 0.133 e. The molecule has 0 amide bonds. The van der Waals surface area contributed by atoms with E-state index < -0.39 is 0 Å². The first-order valence-electron chi connectivity index (χ1n) is 10.7. The van der Waals surface area contributed by atoms with Gasteiger partial charge in [-0.05, 0) is 22.3 Å². The van der Waals surface area contributed by atoms with E-state index in [9.17, 15) is 0 Å². The molecule has 2 heterocycles. The zero-order valence-corrected chi connectivity index (χ0v) is 19.0. The maximum Gasteiger partial charge on any atom is 0.0548 e. The van der Waals surface area contributed by atoms with Crippen LogP contribution >= 0.6 is 22.7 Å². The van der Waals surface area contributed by atoms with Gasteiger partial charge in [-0.2, -0.15) is 0 Å². The molecule has 0 spiro atoms. The van der Waals surface area contributed by atoms with E-state index in [4.69, 9.17) is 0 Å². The first-order chi connectivity index (χ1) is 15.9. The van der Waals surface area contributed by atoms with Gasteiger partial charge in [0.15, 0.2) is 0 Å². The first kappa shape index (κ1) is 19.2. The molecule has 0 unspecified atom stereocenters. The number of benzene rings is 4. The van der Waals surface area contributed by atoms with Gasteiger partial charge in [-0.15, -0.1) is 22.7 Å². The zero-order valence-electron chi connectivity index (χ0n) is 17.4. The Bertz CT molecular complexity index is 1360. The third-order valence-corrected chi connectivity index (χ3v) is 8.36. The maximum atomic E-state index is 2.23. The van der Waals surface area contributed by atoms with Crippen molar-refractivity contribution in [2.45, 2.75) is 0 Å². The van der Waals surface area contributed by atoms with Crippen molar-refractivity contribution in [2.75, 3.05) is 0 Å². The van der Waals surface area contributed by atoms with Crippen LogP contribution in [-0.4, -0.2) is 0 Å². The second-order valence-corrected chi connectivity index (χ2v) is 9.78. The van der Waals surface area contributed by atoms with Crippen LogP contribution in [0.4, 0.5) is 0 Å². The molecule has 0 nitrogen and oxygen atoms in total. The summed E-state index contributed by atoms with van der Waals surface area (Å²) in [6, 6.07) is 43.3. The molecule has 0 aliphatic carbocycles. The zero-order chi connectivity index (χ0) is 21.3. The highest BCUT2D eigenvalue weighted by Crippen LogP contribution is 2.55. The summed E-state index contributed by atoms with van der Waals surface area (Å²) in [5.41, 5.74) is 7.80. The van der Waals surface area contributed by atoms with Gasteiger partial charge in [-0.3, -0.25) is 0 Å². The van der Waals surface area contributed by atoms with Crippen LogP contribution in [-0.2, 0) is 0 Å². The van der Waals surface area contributed by atoms with E-state index in [0.717, 1.165) is 0 Å². The van der Waals surface area contributed by atoms with Gasteiger partial charge in [0, 0.05) is 20.9 Å². The van der Waals surface area contributed by atoms with E-state index in [-0.39, 0.29) is 0 Å². The Labute approximate surface area is 196 Å². The molecule has 6 aromatic rings. The fourth-order valence-electron chi connectivity index (χ4n) is 4.25. The van der Waals surface area contributed by atoms with Gasteiger partial charge in [-0.1, -0.05) is 121 Å². The van der Waals surface area contributed by atoms with Gasteiger partial charge in [0.05, 0.1) is 9.40 Å². The fraction of sp³-hybridized carbons (Fsp3) is 0. The number of rotatable bonds is 4. The van der Waals surface area contributed by atoms with E-state index in [1.165, 1.54) is 52.5 Å². The molecule has 0 saturated heterocycles. The minimum atomic E-state index is 1.28. The second-order valence-electron chi connectivity index (χ2n) is 7.73. The molecule has 0 saturated carbocycles. The summed E-state index contributed by atoms with van der Waals surface area (Å²) in [6.45, 7) is 0. The molecule has 152 valence electrons. The highest BCUT2D eigenvalue weighted by Gasteiger charge is 2.24. The van der Waals surface area contributed by atoms with Gasteiger partial charge in [0.2, 0.25) is 0 Å². The summed E-state index contributed by atoms with van der Waals surface area (Å²) in [4.78, 5) is 2.68. The van der Waals surface area contributed by atoms with Crippen molar-refractivity contribution in [3.05, 3.63) is 121 Å². The van der Waals surface area contributed by atoms with Crippen molar-refractivity contribution in [1.29, 1.82) is 0 Å². The second kappa shape index (κ2) is 8.23. The molecule has 2 heteroatoms. The predicted octanol–water partition coefficient (Wildman–Crippen LogP) is 9.63. The van der Waals surface area contributed by atoms with Gasteiger partial charge in [-0.25, -0.2) is 0 Å². The summed E-state index contributed by atoms with van der Waals surface area (Å²) >= 11 is 3.84. The average Bonchev–Trinajstić information content (AvgIpc) is 3.42. The molecule has 0 radical (unpaired) electrons. The molecule has 4 aromatic carbocycles. The molecule has 0 N–H and O–H groups in total. The lowest BCUT2D eigenvalue weighted by Gasteiger charge is -2.07. The van der Waals surface area contributed by atoms with Gasteiger partial charge >= 0.3 is 0 Å². The van der Waals surface area contributed by atoms with Crippen LogP contribution in [0.5, 0.6) is 0 Å². The van der Waals surface area contributed by atoms with Crippen LogP contribution in [0.1, 0.15) is 0 Å². The van der Waals surface area contributed by atoms with E-state index in [1.54, 1.807) is 0 Å². The maximum absolute atomic E-state index is 2.23. The summed E-state index contributed by atoms with van der Waals surface area (Å²) in [6.07, 6.45) is 0. The Balaban J connectivity index is 1.73. The third kappa shape index (κ3) is 3.29. The SMILES string of the molecule is c1ccc(-c2sc3c(-c4ccccc4)c(-c4ccccc4)sc3c2-c2ccccc2)cc1. The lowest BCUT2D eigenvalue weighted by Crippen LogP contribution is -1.79. The van der Waals surface area contributed by atoms with E-state index in [1.807, 2.05) is 22.7 Å². The Morgan fingerprint density at radius 2 is 0.594 bits per heavy atom. The van der Waals surface area contributed by atoms with Crippen molar-refractivity contribution < 1.29 is 0 Å². The molecule has 6 rings (SSSR count). The lowest BCUT2D eigenvalue weighted by molar-refractivity contribution is 1.66. The Morgan fingerprint density at radius 3 is 0.906 bits per heavy atom. The molecular formula is C30H20S2. The van der Waals surface area contributed by atoms with Crippen molar-refractivity contribution in [2.24, 2.45) is 0 Å². The highest BCUT2D eigenvalue weighted by atomic mass is 32.1. The van der Waals surface area contributed by atoms with E-state index >= 15 is 0 Å². The minimum Gasteiger partial charge on any atom is -0.133 e. The van der Waals surface area contributed by atoms with Gasteiger partial charge < -0.3 is 0 Å². The molecule has 0 atom stereocenters. The fourth-order valence-corrected chi connectivity index (χ4v) is 7.23. The number of thiophene rings is 2. The summed E-state index contributed by atoms with van der Waals surface area (Å²) in [7, 11) is 0. The van der Waals surface area contributed by atoms with Crippen LogP contribution in [0.3, 0.4) is 0 Å². The number of fused-ring (bicyclic) bond motifs is 1. The minimum absolute atomic E-state index is 1.28. The van der Waals surface area contributed by atoms with Crippen molar-refractivity contribution in [3.8, 4) is 43.1 Å². The molecular weight excluding hydrogens is 424 g/mol. The quantitative estimate of drug-likeness (QED) is 0.254. The van der Waals surface area contributed by atoms with Gasteiger partial charge in [0.25, 0.3) is 0 Å². The number of hydrogen-bond donors (Lipinski definition) is 0. The normalized spacial score (nSPS) is 11.1. The summed E-state index contributed by atoms with van der Waals surface area (Å²) < 4.78 is 2.75. The van der Waals surface area contributed by atoms with Crippen LogP contribution in [0, 0.1) is 0 Å². The van der Waals surface area contributed by atoms with Crippen LogP contribution < -0.4 is 0 Å². The van der Waals surface area contributed by atoms with Crippen LogP contribution in [0.15, 0.2) is 121 Å². The van der Waals surface area contributed by atoms with E-state index in [0.29, 0.717) is 0 Å². The van der Waals surface area contributed by atoms with Crippen molar-refractivity contribution in [3.63, 3.8) is 0 Å². The number of hydrogen-bond acceptors (Lipinski definition) is 2. The predicted molar refractivity (Wildman–Crippen MR) is 141 cm³/mol. The van der Waals surface area contributed by atoms with Crippen LogP contribution in [0.2, 0.25) is 0 Å². The standard InChI is InChI=1S/C30H20S2/c1-5-13-21(14-6-1)25-27(23-17-9-3-10-18-23)31-30-26(22-15-7-2-8-16-22)28(32-29(25)30)24-19-11-4-12-20-24/h1-20H. The van der Waals surface area contributed by atoms with Crippen molar-refractivity contribution >= 4 is 32.1 Å². The topological polar surface area (TPSA) is 0 Å².